The van der Waals surface area contributed by atoms with E-state index in [1.54, 1.807) is 0 Å². The fraction of sp³-hybridized carbons (Fsp3) is 0.897. The maximum absolute atomic E-state index is 12.9. The zero-order chi connectivity index (χ0) is 56.2. The average molecular weight is 1090 g/mol. The van der Waals surface area contributed by atoms with Crippen LogP contribution in [0, 0.1) is 0 Å². The highest BCUT2D eigenvalue weighted by molar-refractivity contribution is 5.71. The number of carbonyl (C=O) groups is 3. The number of hydrogen-bond donors (Lipinski definition) is 1. The molecule has 0 aliphatic heterocycles. The number of carbonyl (C=O) groups excluding carboxylic acids is 2. The minimum absolute atomic E-state index is 0.178. The van der Waals surface area contributed by atoms with Crippen LogP contribution in [-0.2, 0) is 33.3 Å². The second kappa shape index (κ2) is 59.9. The monoisotopic (exact) mass is 1090 g/mol. The van der Waals surface area contributed by atoms with E-state index in [0.29, 0.717) is 17.4 Å². The number of aliphatic carboxylic acids is 1. The highest BCUT2D eigenvalue weighted by Gasteiger charge is 2.25. The van der Waals surface area contributed by atoms with Crippen LogP contribution in [0.1, 0.15) is 335 Å². The summed E-state index contributed by atoms with van der Waals surface area (Å²) in [6.45, 7) is 4.94. The average Bonchev–Trinajstić information content (AvgIpc) is 3.40. The third kappa shape index (κ3) is 61.2. The van der Waals surface area contributed by atoms with Crippen LogP contribution in [0.3, 0.4) is 0 Å². The van der Waals surface area contributed by atoms with Crippen LogP contribution >= 0.6 is 0 Å². The van der Waals surface area contributed by atoms with Gasteiger partial charge in [-0.25, -0.2) is 4.79 Å². The van der Waals surface area contributed by atoms with Crippen molar-refractivity contribution in [1.29, 1.82) is 0 Å². The third-order valence-corrected chi connectivity index (χ3v) is 15.2. The van der Waals surface area contributed by atoms with Crippen molar-refractivity contribution in [3.63, 3.8) is 0 Å². The Balaban J connectivity index is 4.08. The van der Waals surface area contributed by atoms with Crippen LogP contribution in [-0.4, -0.2) is 87.4 Å². The van der Waals surface area contributed by atoms with E-state index in [2.05, 4.69) is 38.2 Å². The summed E-state index contributed by atoms with van der Waals surface area (Å²) in [5.74, 6) is -1.98. The summed E-state index contributed by atoms with van der Waals surface area (Å²) in [7, 11) is 5.99. The molecular weight excluding hydrogens is 959 g/mol. The van der Waals surface area contributed by atoms with Gasteiger partial charge in [0.05, 0.1) is 34.4 Å². The molecule has 2 atom stereocenters. The van der Waals surface area contributed by atoms with Gasteiger partial charge in [-0.2, -0.15) is 0 Å². The predicted molar refractivity (Wildman–Crippen MR) is 328 cm³/mol. The SMILES string of the molecule is CCCCCCCCCC/C=C\CCCCCCCCCCCCCCCCCCCCCC(=O)OC(COC(=O)CCCCCCCCCCC/C=C\CCCCCCCCCC)COC(OCC[N+](C)(C)C)C(=O)O. The van der Waals surface area contributed by atoms with Crippen LogP contribution in [0.4, 0.5) is 0 Å². The summed E-state index contributed by atoms with van der Waals surface area (Å²) in [5.41, 5.74) is 0. The second-order valence-corrected chi connectivity index (χ2v) is 24.1. The Morgan fingerprint density at radius 3 is 0.961 bits per heavy atom. The second-order valence-electron chi connectivity index (χ2n) is 24.1. The molecule has 0 aliphatic carbocycles. The molecule has 1 N–H and O–H groups in total. The maximum atomic E-state index is 12.9. The highest BCUT2D eigenvalue weighted by atomic mass is 16.7. The number of likely N-dealkylation sites (N-methyl/N-ethyl adjacent to an activating group) is 1. The third-order valence-electron chi connectivity index (χ3n) is 15.2. The molecule has 0 radical (unpaired) electrons. The molecular formula is C68H130NO8+. The Labute approximate surface area is 478 Å². The molecule has 9 nitrogen and oxygen atoms in total. The molecule has 0 bridgehead atoms. The summed E-state index contributed by atoms with van der Waals surface area (Å²) >= 11 is 0. The van der Waals surface area contributed by atoms with Gasteiger partial charge in [0.15, 0.2) is 6.10 Å². The molecule has 0 rings (SSSR count). The number of rotatable bonds is 63. The van der Waals surface area contributed by atoms with Gasteiger partial charge in [0.1, 0.15) is 13.2 Å². The van der Waals surface area contributed by atoms with Crippen molar-refractivity contribution in [2.75, 3.05) is 47.5 Å². The van der Waals surface area contributed by atoms with Crippen molar-refractivity contribution in [1.82, 2.24) is 0 Å². The van der Waals surface area contributed by atoms with E-state index in [1.807, 2.05) is 21.1 Å². The van der Waals surface area contributed by atoms with E-state index in [4.69, 9.17) is 18.9 Å². The Kier molecular flexibility index (Phi) is 58.1. The van der Waals surface area contributed by atoms with E-state index in [9.17, 15) is 19.5 Å². The Bertz CT molecular complexity index is 1310. The molecule has 0 aromatic carbocycles. The first-order valence-corrected chi connectivity index (χ1v) is 33.5. The highest BCUT2D eigenvalue weighted by Crippen LogP contribution is 2.18. The van der Waals surface area contributed by atoms with Gasteiger partial charge in [0.2, 0.25) is 0 Å². The van der Waals surface area contributed by atoms with Gasteiger partial charge in [0, 0.05) is 12.8 Å². The number of allylic oxidation sites excluding steroid dienone is 4. The molecule has 2 unspecified atom stereocenters. The molecule has 9 heteroatoms. The molecule has 0 aliphatic rings. The first-order valence-electron chi connectivity index (χ1n) is 33.5. The molecule has 0 amide bonds. The van der Waals surface area contributed by atoms with Gasteiger partial charge in [-0.1, -0.05) is 282 Å². The minimum atomic E-state index is -1.51. The van der Waals surface area contributed by atoms with E-state index in [-0.39, 0.29) is 38.2 Å². The van der Waals surface area contributed by atoms with Gasteiger partial charge >= 0.3 is 17.9 Å². The zero-order valence-electron chi connectivity index (χ0n) is 51.9. The Morgan fingerprint density at radius 1 is 0.377 bits per heavy atom. The largest absolute Gasteiger partial charge is 0.477 e. The van der Waals surface area contributed by atoms with E-state index >= 15 is 0 Å². The van der Waals surface area contributed by atoms with Crippen molar-refractivity contribution in [3.8, 4) is 0 Å². The molecule has 77 heavy (non-hydrogen) atoms. The lowest BCUT2D eigenvalue weighted by molar-refractivity contribution is -0.870. The van der Waals surface area contributed by atoms with Crippen molar-refractivity contribution in [3.05, 3.63) is 24.3 Å². The number of ether oxygens (including phenoxy) is 4. The molecule has 0 saturated heterocycles. The summed E-state index contributed by atoms with van der Waals surface area (Å²) < 4.78 is 23.0. The number of hydrogen-bond acceptors (Lipinski definition) is 7. The smallest absolute Gasteiger partial charge is 0.361 e. The maximum Gasteiger partial charge on any atom is 0.361 e. The lowest BCUT2D eigenvalue weighted by Crippen LogP contribution is -2.40. The molecule has 0 heterocycles. The van der Waals surface area contributed by atoms with Gasteiger partial charge in [-0.15, -0.1) is 0 Å². The van der Waals surface area contributed by atoms with Crippen LogP contribution in [0.2, 0.25) is 0 Å². The minimum Gasteiger partial charge on any atom is -0.477 e. The quantitative estimate of drug-likeness (QED) is 0.0211. The van der Waals surface area contributed by atoms with Gasteiger partial charge in [-0.05, 0) is 64.2 Å². The van der Waals surface area contributed by atoms with Crippen molar-refractivity contribution >= 4 is 17.9 Å². The lowest BCUT2D eigenvalue weighted by Gasteiger charge is -2.25. The number of nitrogens with zero attached hydrogens (tertiary/aromatic N) is 1. The molecule has 454 valence electrons. The van der Waals surface area contributed by atoms with E-state index in [1.165, 1.54) is 270 Å². The lowest BCUT2D eigenvalue weighted by atomic mass is 10.0. The van der Waals surface area contributed by atoms with Crippen molar-refractivity contribution < 1.29 is 42.9 Å². The molecule has 0 fully saturated rings. The predicted octanol–water partition coefficient (Wildman–Crippen LogP) is 20.2. The first-order chi connectivity index (χ1) is 37.6. The fourth-order valence-corrected chi connectivity index (χ4v) is 10.0. The molecule has 0 saturated carbocycles. The Morgan fingerprint density at radius 2 is 0.662 bits per heavy atom. The summed E-state index contributed by atoms with van der Waals surface area (Å²) in [5, 5.41) is 9.73. The van der Waals surface area contributed by atoms with Crippen LogP contribution in [0.25, 0.3) is 0 Å². The number of unbranched alkanes of at least 4 members (excludes halogenated alkanes) is 44. The van der Waals surface area contributed by atoms with Crippen LogP contribution in [0.5, 0.6) is 0 Å². The topological polar surface area (TPSA) is 108 Å². The van der Waals surface area contributed by atoms with Crippen LogP contribution in [0.15, 0.2) is 24.3 Å². The molecule has 0 aromatic rings. The van der Waals surface area contributed by atoms with Gasteiger partial charge in [0.25, 0.3) is 6.29 Å². The fourth-order valence-electron chi connectivity index (χ4n) is 10.0. The van der Waals surface area contributed by atoms with E-state index < -0.39 is 18.4 Å². The summed E-state index contributed by atoms with van der Waals surface area (Å²) in [4.78, 5) is 37.5. The van der Waals surface area contributed by atoms with Crippen LogP contribution < -0.4 is 0 Å². The summed E-state index contributed by atoms with van der Waals surface area (Å²) in [6, 6.07) is 0. The van der Waals surface area contributed by atoms with Gasteiger partial charge < -0.3 is 28.5 Å². The first kappa shape index (κ1) is 74.8. The molecule has 0 aromatic heterocycles. The number of carboxylic acid groups (broad SMARTS) is 1. The van der Waals surface area contributed by atoms with Gasteiger partial charge in [-0.3, -0.25) is 9.59 Å². The van der Waals surface area contributed by atoms with E-state index in [0.717, 1.165) is 38.5 Å². The Hall–Kier alpha value is -2.23. The molecule has 0 spiro atoms. The normalized spacial score (nSPS) is 12.8. The zero-order valence-corrected chi connectivity index (χ0v) is 51.9. The van der Waals surface area contributed by atoms with Crippen molar-refractivity contribution in [2.24, 2.45) is 0 Å². The van der Waals surface area contributed by atoms with Crippen molar-refractivity contribution in [2.45, 2.75) is 347 Å². The number of carboxylic acids is 1. The number of quaternary nitrogens is 1. The number of esters is 2. The summed E-state index contributed by atoms with van der Waals surface area (Å²) in [6.07, 6.45) is 70.0. The standard InChI is InChI=1S/C68H129NO8/c1-6-8-10-12-14-16-18-20-22-24-26-28-29-30-31-32-33-34-35-36-37-39-41-43-45-47-49-51-53-55-57-59-66(71)77-64(63-76-68(67(72)73)74-61-60-69(3,4)5)62-75-65(70)58-56-54-52-50-48-46-44-42-40-38-27-25-23-21-19-17-15-13-11-9-7-2/h24-27,64,68H,6-23,28-63H2,1-5H3/p+1/b26-24-,27-25-.